The maximum atomic E-state index is 12.4. The molecule has 1 amide bonds. The third-order valence-electron chi connectivity index (χ3n) is 3.73. The molecular weight excluding hydrogens is 314 g/mol. The van der Waals surface area contributed by atoms with E-state index in [-0.39, 0.29) is 11.4 Å². The summed E-state index contributed by atoms with van der Waals surface area (Å²) in [6, 6.07) is 9.32. The lowest BCUT2D eigenvalue weighted by Crippen LogP contribution is -2.22. The number of aromatic nitrogens is 4. The molecule has 25 heavy (non-hydrogen) atoms. The molecule has 2 heterocycles. The van der Waals surface area contributed by atoms with Crippen molar-refractivity contribution in [2.75, 3.05) is 5.32 Å². The largest absolute Gasteiger partial charge is 0.322 e. The number of carbonyl (C=O) groups is 1. The number of aryl methyl sites for hydroxylation is 1. The van der Waals surface area contributed by atoms with Crippen molar-refractivity contribution < 1.29 is 4.79 Å². The Hall–Kier alpha value is -3.02. The molecule has 0 aliphatic carbocycles. The molecule has 2 aromatic heterocycles. The fourth-order valence-electron chi connectivity index (χ4n) is 2.30. The van der Waals surface area contributed by atoms with E-state index in [9.17, 15) is 4.79 Å². The molecule has 3 aromatic rings. The predicted molar refractivity (Wildman–Crippen MR) is 97.4 cm³/mol. The molecule has 0 saturated heterocycles. The van der Waals surface area contributed by atoms with E-state index in [1.165, 1.54) is 0 Å². The molecule has 1 aromatic carbocycles. The van der Waals surface area contributed by atoms with Crippen LogP contribution < -0.4 is 5.32 Å². The predicted octanol–water partition coefficient (Wildman–Crippen LogP) is 3.66. The van der Waals surface area contributed by atoms with Crippen molar-refractivity contribution in [3.05, 3.63) is 60.2 Å². The van der Waals surface area contributed by atoms with Crippen molar-refractivity contribution >= 4 is 11.6 Å². The van der Waals surface area contributed by atoms with Gasteiger partial charge in [-0.25, -0.2) is 9.97 Å². The van der Waals surface area contributed by atoms with Crippen molar-refractivity contribution in [2.24, 2.45) is 0 Å². The van der Waals surface area contributed by atoms with Crippen molar-refractivity contribution in [1.29, 1.82) is 0 Å². The van der Waals surface area contributed by atoms with Gasteiger partial charge in [-0.05, 0) is 58.0 Å². The zero-order valence-corrected chi connectivity index (χ0v) is 14.8. The molecule has 6 heteroatoms. The number of amides is 1. The van der Waals surface area contributed by atoms with E-state index in [1.807, 2.05) is 58.0 Å². The van der Waals surface area contributed by atoms with Gasteiger partial charge >= 0.3 is 0 Å². The monoisotopic (exact) mass is 335 g/mol. The summed E-state index contributed by atoms with van der Waals surface area (Å²) >= 11 is 0. The fourth-order valence-corrected chi connectivity index (χ4v) is 2.30. The Bertz CT molecular complexity index is 891. The first-order chi connectivity index (χ1) is 11.8. The Balaban J connectivity index is 1.73. The maximum absolute atomic E-state index is 12.4. The van der Waals surface area contributed by atoms with Crippen molar-refractivity contribution in [2.45, 2.75) is 33.2 Å². The highest BCUT2D eigenvalue weighted by molar-refractivity contribution is 6.04. The quantitative estimate of drug-likeness (QED) is 0.793. The van der Waals surface area contributed by atoms with Crippen LogP contribution in [0.15, 0.2) is 48.9 Å². The van der Waals surface area contributed by atoms with Crippen LogP contribution in [-0.2, 0) is 5.54 Å². The van der Waals surface area contributed by atoms with Gasteiger partial charge in [-0.15, -0.1) is 0 Å². The zero-order chi connectivity index (χ0) is 18.0. The Morgan fingerprint density at radius 1 is 1.12 bits per heavy atom. The topological polar surface area (TPSA) is 72.7 Å². The lowest BCUT2D eigenvalue weighted by molar-refractivity contribution is 0.102. The second kappa shape index (κ2) is 6.47. The van der Waals surface area contributed by atoms with Crippen molar-refractivity contribution in [3.8, 4) is 11.4 Å². The molecule has 0 fully saturated rings. The SMILES string of the molecule is Cc1ccnc(-c2ccc(NC(=O)c3cnn(C(C)(C)C)c3)cc2)n1. The van der Waals surface area contributed by atoms with Crippen molar-refractivity contribution in [1.82, 2.24) is 19.7 Å². The average Bonchev–Trinajstić information content (AvgIpc) is 3.06. The van der Waals surface area contributed by atoms with Crippen LogP contribution in [0.2, 0.25) is 0 Å². The molecule has 0 saturated carbocycles. The number of anilines is 1. The summed E-state index contributed by atoms with van der Waals surface area (Å²) in [5.41, 5.74) is 2.90. The number of hydrogen-bond donors (Lipinski definition) is 1. The molecule has 128 valence electrons. The standard InChI is InChI=1S/C19H21N5O/c1-13-9-10-20-17(22-13)14-5-7-16(8-6-14)23-18(25)15-11-21-24(12-15)19(2,3)4/h5-12H,1-4H3,(H,23,25). The number of carbonyl (C=O) groups excluding carboxylic acids is 1. The van der Waals surface area contributed by atoms with Crippen LogP contribution in [0.3, 0.4) is 0 Å². The number of nitrogens with zero attached hydrogens (tertiary/aromatic N) is 4. The molecule has 0 spiro atoms. The molecule has 6 nitrogen and oxygen atoms in total. The van der Waals surface area contributed by atoms with Crippen LogP contribution in [-0.4, -0.2) is 25.7 Å². The van der Waals surface area contributed by atoms with Crippen LogP contribution in [0.5, 0.6) is 0 Å². The highest BCUT2D eigenvalue weighted by Gasteiger charge is 2.16. The average molecular weight is 335 g/mol. The minimum atomic E-state index is -0.185. The van der Waals surface area contributed by atoms with Crippen molar-refractivity contribution in [3.63, 3.8) is 0 Å². The first-order valence-corrected chi connectivity index (χ1v) is 8.09. The van der Waals surface area contributed by atoms with Gasteiger partial charge in [0.1, 0.15) is 0 Å². The first kappa shape index (κ1) is 16.8. The molecular formula is C19H21N5O. The van der Waals surface area contributed by atoms with Gasteiger partial charge in [0, 0.05) is 29.3 Å². The van der Waals surface area contributed by atoms with E-state index < -0.39 is 0 Å². The smallest absolute Gasteiger partial charge is 0.258 e. The molecule has 0 unspecified atom stereocenters. The molecule has 0 bridgehead atoms. The molecule has 0 radical (unpaired) electrons. The Morgan fingerprint density at radius 2 is 1.84 bits per heavy atom. The molecule has 3 rings (SSSR count). The highest BCUT2D eigenvalue weighted by Crippen LogP contribution is 2.19. The first-order valence-electron chi connectivity index (χ1n) is 8.09. The van der Waals surface area contributed by atoms with Gasteiger partial charge < -0.3 is 5.32 Å². The fraction of sp³-hybridized carbons (Fsp3) is 0.263. The summed E-state index contributed by atoms with van der Waals surface area (Å²) in [6.45, 7) is 8.03. The van der Waals surface area contributed by atoms with Gasteiger partial charge in [0.2, 0.25) is 0 Å². The summed E-state index contributed by atoms with van der Waals surface area (Å²) in [5.74, 6) is 0.486. The Labute approximate surface area is 146 Å². The minimum absolute atomic E-state index is 0.159. The normalized spacial score (nSPS) is 11.4. The molecule has 0 aliphatic rings. The maximum Gasteiger partial charge on any atom is 0.258 e. The Kier molecular flexibility index (Phi) is 4.35. The summed E-state index contributed by atoms with van der Waals surface area (Å²) < 4.78 is 1.78. The highest BCUT2D eigenvalue weighted by atomic mass is 16.1. The second-order valence-electron chi connectivity index (χ2n) is 6.90. The van der Waals surface area contributed by atoms with E-state index in [0.29, 0.717) is 17.1 Å². The van der Waals surface area contributed by atoms with Gasteiger partial charge in [-0.3, -0.25) is 9.48 Å². The van der Waals surface area contributed by atoms with E-state index in [1.54, 1.807) is 23.3 Å². The van der Waals surface area contributed by atoms with Crippen LogP contribution >= 0.6 is 0 Å². The molecule has 0 aliphatic heterocycles. The third-order valence-corrected chi connectivity index (χ3v) is 3.73. The summed E-state index contributed by atoms with van der Waals surface area (Å²) in [6.07, 6.45) is 5.07. The number of hydrogen-bond acceptors (Lipinski definition) is 4. The Morgan fingerprint density at radius 3 is 2.44 bits per heavy atom. The van der Waals surface area contributed by atoms with Crippen LogP contribution in [0.1, 0.15) is 36.8 Å². The van der Waals surface area contributed by atoms with E-state index in [0.717, 1.165) is 11.3 Å². The van der Waals surface area contributed by atoms with Gasteiger partial charge in [-0.2, -0.15) is 5.10 Å². The van der Waals surface area contributed by atoms with E-state index in [4.69, 9.17) is 0 Å². The number of rotatable bonds is 3. The molecule has 0 atom stereocenters. The number of nitrogens with one attached hydrogen (secondary N) is 1. The minimum Gasteiger partial charge on any atom is -0.322 e. The van der Waals surface area contributed by atoms with Gasteiger partial charge in [0.15, 0.2) is 5.82 Å². The summed E-state index contributed by atoms with van der Waals surface area (Å²) in [7, 11) is 0. The summed E-state index contributed by atoms with van der Waals surface area (Å²) in [5, 5.41) is 7.13. The summed E-state index contributed by atoms with van der Waals surface area (Å²) in [4.78, 5) is 21.0. The van der Waals surface area contributed by atoms with Gasteiger partial charge in [0.25, 0.3) is 5.91 Å². The zero-order valence-electron chi connectivity index (χ0n) is 14.8. The second-order valence-corrected chi connectivity index (χ2v) is 6.90. The van der Waals surface area contributed by atoms with E-state index in [2.05, 4.69) is 20.4 Å². The van der Waals surface area contributed by atoms with Crippen LogP contribution in [0.25, 0.3) is 11.4 Å². The van der Waals surface area contributed by atoms with Crippen LogP contribution in [0.4, 0.5) is 5.69 Å². The lowest BCUT2D eigenvalue weighted by atomic mass is 10.1. The van der Waals surface area contributed by atoms with E-state index >= 15 is 0 Å². The third kappa shape index (κ3) is 3.91. The van der Waals surface area contributed by atoms with Gasteiger partial charge in [0.05, 0.1) is 17.3 Å². The van der Waals surface area contributed by atoms with Crippen LogP contribution in [0, 0.1) is 6.92 Å². The number of benzene rings is 1. The van der Waals surface area contributed by atoms with Gasteiger partial charge in [-0.1, -0.05) is 0 Å². The molecule has 1 N–H and O–H groups in total. The lowest BCUT2D eigenvalue weighted by Gasteiger charge is -2.18.